The summed E-state index contributed by atoms with van der Waals surface area (Å²) in [5.41, 5.74) is 0.0474. The first-order valence-corrected chi connectivity index (χ1v) is 8.39. The van der Waals surface area contributed by atoms with E-state index < -0.39 is 5.60 Å². The van der Waals surface area contributed by atoms with Crippen LogP contribution in [0.1, 0.15) is 75.7 Å². The molecule has 120 valence electrons. The van der Waals surface area contributed by atoms with Crippen LogP contribution in [0.15, 0.2) is 0 Å². The van der Waals surface area contributed by atoms with Crippen LogP contribution < -0.4 is 0 Å². The van der Waals surface area contributed by atoms with Crippen LogP contribution >= 0.6 is 0 Å². The molecule has 0 amide bonds. The minimum Gasteiger partial charge on any atom is -0.390 e. The van der Waals surface area contributed by atoms with Crippen LogP contribution in [0, 0.1) is 40.4 Å². The largest absolute Gasteiger partial charge is 0.390 e. The normalized spacial score (nSPS) is 37.0. The third-order valence-corrected chi connectivity index (χ3v) is 5.73. The van der Waals surface area contributed by atoms with Crippen molar-refractivity contribution in [3.05, 3.63) is 0 Å². The molecule has 1 saturated carbocycles. The summed E-state index contributed by atoms with van der Waals surface area (Å²) < 4.78 is 0. The molecule has 1 rings (SSSR count). The Morgan fingerprint density at radius 3 is 1.45 bits per heavy atom. The Hall–Kier alpha value is -0.0400. The molecule has 0 aromatic heterocycles. The lowest BCUT2D eigenvalue weighted by molar-refractivity contribution is -0.121. The van der Waals surface area contributed by atoms with Gasteiger partial charge in [0.25, 0.3) is 0 Å². The highest BCUT2D eigenvalue weighted by Gasteiger charge is 2.52. The quantitative estimate of drug-likeness (QED) is 0.685. The molecule has 1 aliphatic carbocycles. The lowest BCUT2D eigenvalue weighted by Gasteiger charge is -2.57. The van der Waals surface area contributed by atoms with E-state index in [0.717, 1.165) is 12.3 Å². The molecule has 5 atom stereocenters. The highest BCUT2D eigenvalue weighted by molar-refractivity contribution is 5.01. The van der Waals surface area contributed by atoms with E-state index in [2.05, 4.69) is 55.4 Å². The maximum absolute atomic E-state index is 10.6. The molecule has 0 aromatic rings. The maximum Gasteiger partial charge on any atom is 0.0622 e. The maximum atomic E-state index is 10.6. The molecule has 1 nitrogen and oxygen atoms in total. The summed E-state index contributed by atoms with van der Waals surface area (Å²) in [5.74, 6) is 3.02. The van der Waals surface area contributed by atoms with Gasteiger partial charge in [-0.25, -0.2) is 0 Å². The Morgan fingerprint density at radius 2 is 1.15 bits per heavy atom. The SMILES string of the molecule is CC1CC(C(C)(C)O)C(C)C(C(C)(C)C)C1C(C)(C)C. The summed E-state index contributed by atoms with van der Waals surface area (Å²) in [6.07, 6.45) is 1.15. The standard InChI is InChI=1S/C19H38O/c1-12-11-14(19(9,10)20)13(2)16(18(6,7)8)15(12)17(3,4)5/h12-16,20H,11H2,1-10H3. The third-order valence-electron chi connectivity index (χ3n) is 5.73. The number of hydrogen-bond donors (Lipinski definition) is 1. The van der Waals surface area contributed by atoms with Gasteiger partial charge in [-0.15, -0.1) is 0 Å². The minimum absolute atomic E-state index is 0.287. The van der Waals surface area contributed by atoms with E-state index >= 15 is 0 Å². The molecule has 20 heavy (non-hydrogen) atoms. The van der Waals surface area contributed by atoms with E-state index in [9.17, 15) is 5.11 Å². The van der Waals surface area contributed by atoms with Crippen LogP contribution in [0.25, 0.3) is 0 Å². The summed E-state index contributed by atoms with van der Waals surface area (Å²) >= 11 is 0. The second-order valence-electron chi connectivity index (χ2n) is 10.1. The van der Waals surface area contributed by atoms with Gasteiger partial charge in [0, 0.05) is 0 Å². The highest BCUT2D eigenvalue weighted by atomic mass is 16.3. The highest BCUT2D eigenvalue weighted by Crippen LogP contribution is 2.57. The van der Waals surface area contributed by atoms with Gasteiger partial charge in [-0.05, 0) is 60.7 Å². The lowest BCUT2D eigenvalue weighted by Crippen LogP contribution is -2.53. The van der Waals surface area contributed by atoms with Gasteiger partial charge >= 0.3 is 0 Å². The van der Waals surface area contributed by atoms with Gasteiger partial charge in [0.2, 0.25) is 0 Å². The van der Waals surface area contributed by atoms with Crippen molar-refractivity contribution in [3.8, 4) is 0 Å². The first kappa shape index (κ1) is 18.0. The zero-order valence-corrected chi connectivity index (χ0v) is 15.5. The molecule has 0 aromatic carbocycles. The van der Waals surface area contributed by atoms with Gasteiger partial charge in [-0.1, -0.05) is 55.4 Å². The average molecular weight is 283 g/mol. The monoisotopic (exact) mass is 282 g/mol. The Bertz CT molecular complexity index is 323. The van der Waals surface area contributed by atoms with Gasteiger partial charge in [-0.2, -0.15) is 0 Å². The molecule has 1 N–H and O–H groups in total. The molecule has 1 fully saturated rings. The molecule has 5 unspecified atom stereocenters. The fraction of sp³-hybridized carbons (Fsp3) is 1.00. The molecular formula is C19H38O. The Labute approximate surface area is 127 Å². The first-order chi connectivity index (χ1) is 8.67. The van der Waals surface area contributed by atoms with Crippen molar-refractivity contribution >= 4 is 0 Å². The molecule has 0 radical (unpaired) electrons. The van der Waals surface area contributed by atoms with Crippen molar-refractivity contribution in [2.24, 2.45) is 40.4 Å². The van der Waals surface area contributed by atoms with Gasteiger partial charge < -0.3 is 5.11 Å². The van der Waals surface area contributed by atoms with Crippen molar-refractivity contribution in [2.75, 3.05) is 0 Å². The first-order valence-electron chi connectivity index (χ1n) is 8.39. The van der Waals surface area contributed by atoms with Gasteiger partial charge in [0.05, 0.1) is 5.60 Å². The number of hydrogen-bond acceptors (Lipinski definition) is 1. The second-order valence-corrected chi connectivity index (χ2v) is 10.1. The van der Waals surface area contributed by atoms with Crippen LogP contribution in [0.4, 0.5) is 0 Å². The van der Waals surface area contributed by atoms with Crippen LogP contribution in [0.5, 0.6) is 0 Å². The molecule has 0 bridgehead atoms. The molecular weight excluding hydrogens is 244 g/mol. The molecule has 0 aliphatic heterocycles. The van der Waals surface area contributed by atoms with Crippen LogP contribution in [0.2, 0.25) is 0 Å². The smallest absolute Gasteiger partial charge is 0.0622 e. The number of aliphatic hydroxyl groups is 1. The van der Waals surface area contributed by atoms with Crippen LogP contribution in [-0.2, 0) is 0 Å². The van der Waals surface area contributed by atoms with E-state index in [-0.39, 0.29) is 5.41 Å². The Morgan fingerprint density at radius 1 is 0.750 bits per heavy atom. The molecule has 1 heteroatoms. The Balaban J connectivity index is 3.26. The zero-order valence-electron chi connectivity index (χ0n) is 15.5. The van der Waals surface area contributed by atoms with Crippen molar-refractivity contribution in [1.82, 2.24) is 0 Å². The Kier molecular flexibility index (Phi) is 4.78. The molecule has 1 aliphatic rings. The van der Waals surface area contributed by atoms with Crippen molar-refractivity contribution in [1.29, 1.82) is 0 Å². The summed E-state index contributed by atoms with van der Waals surface area (Å²) in [6, 6.07) is 0. The predicted molar refractivity (Wildman–Crippen MR) is 88.6 cm³/mol. The molecule has 0 saturated heterocycles. The van der Waals surface area contributed by atoms with E-state index in [1.807, 2.05) is 13.8 Å². The van der Waals surface area contributed by atoms with Crippen molar-refractivity contribution < 1.29 is 5.11 Å². The van der Waals surface area contributed by atoms with E-state index in [4.69, 9.17) is 0 Å². The topological polar surface area (TPSA) is 20.2 Å². The van der Waals surface area contributed by atoms with Gasteiger partial charge in [0.15, 0.2) is 0 Å². The number of rotatable bonds is 1. The lowest BCUT2D eigenvalue weighted by atomic mass is 9.49. The summed E-state index contributed by atoms with van der Waals surface area (Å²) in [5, 5.41) is 10.6. The minimum atomic E-state index is -0.569. The molecule has 0 spiro atoms. The zero-order chi connectivity index (χ0) is 16.1. The second kappa shape index (κ2) is 5.30. The molecule has 0 heterocycles. The van der Waals surface area contributed by atoms with E-state index in [1.165, 1.54) is 0 Å². The van der Waals surface area contributed by atoms with Crippen molar-refractivity contribution in [2.45, 2.75) is 81.3 Å². The van der Waals surface area contributed by atoms with Crippen molar-refractivity contribution in [3.63, 3.8) is 0 Å². The van der Waals surface area contributed by atoms with E-state index in [0.29, 0.717) is 29.1 Å². The van der Waals surface area contributed by atoms with Crippen LogP contribution in [0.3, 0.4) is 0 Å². The average Bonchev–Trinajstić information content (AvgIpc) is 2.14. The third kappa shape index (κ3) is 3.59. The fourth-order valence-corrected chi connectivity index (χ4v) is 5.34. The summed E-state index contributed by atoms with van der Waals surface area (Å²) in [7, 11) is 0. The fourth-order valence-electron chi connectivity index (χ4n) is 5.34. The van der Waals surface area contributed by atoms with Gasteiger partial charge in [-0.3, -0.25) is 0 Å². The summed E-state index contributed by atoms with van der Waals surface area (Å²) in [4.78, 5) is 0. The van der Waals surface area contributed by atoms with Gasteiger partial charge in [0.1, 0.15) is 0 Å². The van der Waals surface area contributed by atoms with Crippen LogP contribution in [-0.4, -0.2) is 10.7 Å². The van der Waals surface area contributed by atoms with E-state index in [1.54, 1.807) is 0 Å². The predicted octanol–water partition coefficient (Wildman–Crippen LogP) is 5.37. The summed E-state index contributed by atoms with van der Waals surface area (Å²) in [6.45, 7) is 23.1.